The van der Waals surface area contributed by atoms with Gasteiger partial charge in [0.2, 0.25) is 5.91 Å². The average molecular weight is 400 g/mol. The summed E-state index contributed by atoms with van der Waals surface area (Å²) in [6.07, 6.45) is 0.960. The molecule has 3 aromatic rings. The smallest absolute Gasteiger partial charge is 0.410 e. The van der Waals surface area contributed by atoms with E-state index < -0.39 is 12.1 Å². The van der Waals surface area contributed by atoms with Gasteiger partial charge in [-0.3, -0.25) is 9.69 Å². The van der Waals surface area contributed by atoms with Gasteiger partial charge in [-0.05, 0) is 41.7 Å². The first kappa shape index (κ1) is 19.7. The van der Waals surface area contributed by atoms with Crippen LogP contribution in [0.3, 0.4) is 0 Å². The van der Waals surface area contributed by atoms with Gasteiger partial charge in [0, 0.05) is 12.2 Å². The minimum atomic E-state index is -0.520. The number of rotatable bonds is 5. The van der Waals surface area contributed by atoms with Crippen LogP contribution in [0, 0.1) is 0 Å². The Morgan fingerprint density at radius 2 is 1.60 bits per heavy atom. The van der Waals surface area contributed by atoms with Gasteiger partial charge in [-0.1, -0.05) is 72.8 Å². The van der Waals surface area contributed by atoms with Crippen LogP contribution in [0.1, 0.15) is 18.4 Å². The fourth-order valence-electron chi connectivity index (χ4n) is 3.69. The lowest BCUT2D eigenvalue weighted by atomic mass is 10.1. The highest BCUT2D eigenvalue weighted by Crippen LogP contribution is 2.24. The largest absolute Gasteiger partial charge is 0.445 e. The van der Waals surface area contributed by atoms with Crippen molar-refractivity contribution in [1.29, 1.82) is 0 Å². The van der Waals surface area contributed by atoms with Crippen molar-refractivity contribution in [3.63, 3.8) is 0 Å². The highest BCUT2D eigenvalue weighted by atomic mass is 16.6. The first-order valence-corrected chi connectivity index (χ1v) is 10.1. The molecule has 0 saturated carbocycles. The predicted molar refractivity (Wildman–Crippen MR) is 117 cm³/mol. The molecule has 0 bridgehead atoms. The molecule has 152 valence electrons. The number of hydrogen-bond acceptors (Lipinski definition) is 3. The lowest BCUT2D eigenvalue weighted by Crippen LogP contribution is -2.43. The van der Waals surface area contributed by atoms with Gasteiger partial charge in [0.05, 0.1) is 0 Å². The molecule has 0 spiro atoms. The van der Waals surface area contributed by atoms with Gasteiger partial charge in [0.25, 0.3) is 0 Å². The molecule has 0 aromatic heterocycles. The number of carbonyl (C=O) groups is 2. The van der Waals surface area contributed by atoms with Crippen LogP contribution < -0.4 is 5.32 Å². The summed E-state index contributed by atoms with van der Waals surface area (Å²) in [5, 5.41) is 2.96. The van der Waals surface area contributed by atoms with Crippen LogP contribution >= 0.6 is 0 Å². The monoisotopic (exact) mass is 400 g/mol. The number of benzene rings is 3. The van der Waals surface area contributed by atoms with Crippen molar-refractivity contribution in [3.8, 4) is 11.1 Å². The predicted octanol–water partition coefficient (Wildman–Crippen LogP) is 5.09. The molecule has 2 amide bonds. The van der Waals surface area contributed by atoms with E-state index in [1.807, 2.05) is 84.9 Å². The SMILES string of the molecule is O=C(Nc1cccc(-c2ccccc2)c1)C1CCCN1C(=O)OCc1ccccc1. The summed E-state index contributed by atoms with van der Waals surface area (Å²) in [5.41, 5.74) is 3.74. The number of nitrogens with one attached hydrogen (secondary N) is 1. The van der Waals surface area contributed by atoms with Crippen LogP contribution in [-0.4, -0.2) is 29.5 Å². The molecule has 0 radical (unpaired) electrons. The molecular formula is C25H24N2O3. The molecule has 1 heterocycles. The average Bonchev–Trinajstić information content (AvgIpc) is 3.29. The lowest BCUT2D eigenvalue weighted by Gasteiger charge is -2.23. The highest BCUT2D eigenvalue weighted by Gasteiger charge is 2.35. The number of nitrogens with zero attached hydrogens (tertiary/aromatic N) is 1. The van der Waals surface area contributed by atoms with E-state index in [4.69, 9.17) is 4.74 Å². The van der Waals surface area contributed by atoms with Crippen LogP contribution in [0.25, 0.3) is 11.1 Å². The van der Waals surface area contributed by atoms with Crippen molar-refractivity contribution < 1.29 is 14.3 Å². The van der Waals surface area contributed by atoms with Gasteiger partial charge < -0.3 is 10.1 Å². The maximum atomic E-state index is 12.9. The van der Waals surface area contributed by atoms with Gasteiger partial charge >= 0.3 is 6.09 Å². The molecule has 1 N–H and O–H groups in total. The first-order valence-electron chi connectivity index (χ1n) is 10.1. The molecule has 3 aromatic carbocycles. The fraction of sp³-hybridized carbons (Fsp3) is 0.200. The van der Waals surface area contributed by atoms with E-state index in [-0.39, 0.29) is 12.5 Å². The van der Waals surface area contributed by atoms with E-state index in [0.717, 1.165) is 23.1 Å². The number of ether oxygens (including phenoxy) is 1. The number of anilines is 1. The Bertz CT molecular complexity index is 1010. The van der Waals surface area contributed by atoms with Crippen molar-refractivity contribution in [2.24, 2.45) is 0 Å². The van der Waals surface area contributed by atoms with Crippen LogP contribution in [0.4, 0.5) is 10.5 Å². The summed E-state index contributed by atoms with van der Waals surface area (Å²) in [5.74, 6) is -0.186. The molecule has 0 aliphatic carbocycles. The van der Waals surface area contributed by atoms with Crippen LogP contribution in [0.5, 0.6) is 0 Å². The maximum Gasteiger partial charge on any atom is 0.410 e. The molecule has 30 heavy (non-hydrogen) atoms. The van der Waals surface area contributed by atoms with E-state index in [9.17, 15) is 9.59 Å². The zero-order chi connectivity index (χ0) is 20.8. The molecule has 1 aliphatic rings. The molecule has 4 rings (SSSR count). The van der Waals surface area contributed by atoms with Crippen LogP contribution in [0.2, 0.25) is 0 Å². The van der Waals surface area contributed by atoms with Gasteiger partial charge in [0.15, 0.2) is 0 Å². The van der Waals surface area contributed by atoms with Gasteiger partial charge in [-0.25, -0.2) is 4.79 Å². The number of likely N-dealkylation sites (tertiary alicyclic amines) is 1. The first-order chi connectivity index (χ1) is 14.7. The zero-order valence-electron chi connectivity index (χ0n) is 16.7. The third-order valence-electron chi connectivity index (χ3n) is 5.23. The maximum absolute atomic E-state index is 12.9. The Morgan fingerprint density at radius 3 is 2.37 bits per heavy atom. The van der Waals surface area contributed by atoms with E-state index in [1.54, 1.807) is 0 Å². The summed E-state index contributed by atoms with van der Waals surface area (Å²) in [4.78, 5) is 27.0. The molecule has 5 heteroatoms. The second kappa shape index (κ2) is 9.27. The molecule has 5 nitrogen and oxygen atoms in total. The Labute approximate surface area is 176 Å². The standard InChI is InChI=1S/C25H24N2O3/c28-24(26-22-14-7-13-21(17-22)20-11-5-2-6-12-20)23-15-8-16-27(23)25(29)30-18-19-9-3-1-4-10-19/h1-7,9-14,17,23H,8,15-16,18H2,(H,26,28). The summed E-state index contributed by atoms with van der Waals surface area (Å²) >= 11 is 0. The second-order valence-corrected chi connectivity index (χ2v) is 7.33. The summed E-state index contributed by atoms with van der Waals surface area (Å²) in [7, 11) is 0. The van der Waals surface area contributed by atoms with Crippen molar-refractivity contribution >= 4 is 17.7 Å². The van der Waals surface area contributed by atoms with Crippen molar-refractivity contribution in [2.75, 3.05) is 11.9 Å². The zero-order valence-corrected chi connectivity index (χ0v) is 16.7. The summed E-state index contributed by atoms with van der Waals surface area (Å²) in [6, 6.07) is 26.7. The van der Waals surface area contributed by atoms with E-state index in [1.165, 1.54) is 4.90 Å². The Balaban J connectivity index is 1.39. The van der Waals surface area contributed by atoms with Crippen molar-refractivity contribution in [3.05, 3.63) is 90.5 Å². The van der Waals surface area contributed by atoms with E-state index in [2.05, 4.69) is 5.32 Å². The molecule has 1 fully saturated rings. The normalized spacial score (nSPS) is 15.6. The Kier molecular flexibility index (Phi) is 6.09. The third kappa shape index (κ3) is 4.69. The van der Waals surface area contributed by atoms with E-state index in [0.29, 0.717) is 18.7 Å². The topological polar surface area (TPSA) is 58.6 Å². The molecule has 1 aliphatic heterocycles. The molecule has 1 saturated heterocycles. The number of amides is 2. The summed E-state index contributed by atoms with van der Waals surface area (Å²) < 4.78 is 5.43. The quantitative estimate of drug-likeness (QED) is 0.649. The van der Waals surface area contributed by atoms with Crippen molar-refractivity contribution in [2.45, 2.75) is 25.5 Å². The van der Waals surface area contributed by atoms with E-state index >= 15 is 0 Å². The Hall–Kier alpha value is -3.60. The molecule has 1 atom stereocenters. The van der Waals surface area contributed by atoms with Gasteiger partial charge in [-0.15, -0.1) is 0 Å². The fourth-order valence-corrected chi connectivity index (χ4v) is 3.69. The minimum Gasteiger partial charge on any atom is -0.445 e. The highest BCUT2D eigenvalue weighted by molar-refractivity contribution is 5.97. The molecule has 1 unspecified atom stereocenters. The van der Waals surface area contributed by atoms with Crippen molar-refractivity contribution in [1.82, 2.24) is 4.90 Å². The lowest BCUT2D eigenvalue weighted by molar-refractivity contribution is -0.120. The summed E-state index contributed by atoms with van der Waals surface area (Å²) in [6.45, 7) is 0.722. The van der Waals surface area contributed by atoms with Crippen LogP contribution in [-0.2, 0) is 16.1 Å². The van der Waals surface area contributed by atoms with Crippen LogP contribution in [0.15, 0.2) is 84.9 Å². The second-order valence-electron chi connectivity index (χ2n) is 7.33. The third-order valence-corrected chi connectivity index (χ3v) is 5.23. The van der Waals surface area contributed by atoms with Gasteiger partial charge in [0.1, 0.15) is 12.6 Å². The minimum absolute atomic E-state index is 0.186. The number of carbonyl (C=O) groups excluding carboxylic acids is 2. The van der Waals surface area contributed by atoms with Gasteiger partial charge in [-0.2, -0.15) is 0 Å². The number of hydrogen-bond donors (Lipinski definition) is 1. The molecular weight excluding hydrogens is 376 g/mol. The Morgan fingerprint density at radius 1 is 0.900 bits per heavy atom.